The number of hydrogen-bond donors (Lipinski definition) is 2. The number of aromatic hydroxyl groups is 2. The van der Waals surface area contributed by atoms with Crippen molar-refractivity contribution in [3.63, 3.8) is 0 Å². The van der Waals surface area contributed by atoms with Gasteiger partial charge in [0.05, 0.1) is 28.4 Å². The average molecular weight is 730 g/mol. The van der Waals surface area contributed by atoms with Crippen LogP contribution in [0, 0.1) is 11.8 Å². The summed E-state index contributed by atoms with van der Waals surface area (Å²) in [4.78, 5) is 31.8. The van der Waals surface area contributed by atoms with E-state index in [9.17, 15) is 19.8 Å². The lowest BCUT2D eigenvalue weighted by molar-refractivity contribution is -0.123. The van der Waals surface area contributed by atoms with E-state index < -0.39 is 10.8 Å². The molecular formula is C38H46Cl2N2O8. The van der Waals surface area contributed by atoms with Crippen LogP contribution in [0.25, 0.3) is 11.1 Å². The summed E-state index contributed by atoms with van der Waals surface area (Å²) < 4.78 is 22.8. The first-order valence-electron chi connectivity index (χ1n) is 16.9. The van der Waals surface area contributed by atoms with Crippen molar-refractivity contribution in [2.24, 2.45) is 11.8 Å². The summed E-state index contributed by atoms with van der Waals surface area (Å²) in [5.74, 6) is 1.41. The fourth-order valence-corrected chi connectivity index (χ4v) is 10.7. The van der Waals surface area contributed by atoms with E-state index in [1.165, 1.54) is 0 Å². The van der Waals surface area contributed by atoms with Crippen LogP contribution in [0.1, 0.15) is 47.9 Å². The Hall–Kier alpha value is -3.44. The number of phenolic OH excluding ortho intramolecular Hbond substituents is 2. The van der Waals surface area contributed by atoms with E-state index in [0.29, 0.717) is 48.7 Å². The second kappa shape index (κ2) is 12.7. The standard InChI is InChI=1S/C38H44N2O8.2ClH/c1-39-9-7-37-17-27(41)29(45-3)15-23(37)25(39)11-21-19(13-31(47-5)35(43)33(21)37)20-14-32(48-6)36(44)34-22(20)12-26-24-16-30(46-4)28(42)18-38(24,34)8-10-40(26)2;;/h13-16,23-26,43-44H,7-12,17-18H2,1-6H3;2*1H. The van der Waals surface area contributed by atoms with Crippen LogP contribution in [0.15, 0.2) is 35.8 Å². The highest BCUT2D eigenvalue weighted by atomic mass is 35.5. The van der Waals surface area contributed by atoms with Gasteiger partial charge in [-0.3, -0.25) is 9.59 Å². The van der Waals surface area contributed by atoms with Gasteiger partial charge in [-0.05, 0) is 99.4 Å². The largest absolute Gasteiger partial charge is 0.504 e. The lowest BCUT2D eigenvalue weighted by atomic mass is 9.52. The highest BCUT2D eigenvalue weighted by molar-refractivity contribution is 5.97. The molecule has 0 saturated carbocycles. The molecule has 2 heterocycles. The third-order valence-corrected chi connectivity index (χ3v) is 13.0. The predicted octanol–water partition coefficient (Wildman–Crippen LogP) is 4.86. The Balaban J connectivity index is 0.00000216. The average Bonchev–Trinajstić information content (AvgIpc) is 3.07. The molecule has 4 bridgehead atoms. The van der Waals surface area contributed by atoms with E-state index in [4.69, 9.17) is 18.9 Å². The summed E-state index contributed by atoms with van der Waals surface area (Å²) in [5.41, 5.74) is 4.05. The second-order valence-corrected chi connectivity index (χ2v) is 14.7. The number of Topliss-reactive ketones (excluding diaryl/α,β-unsaturated/α-hetero) is 2. The van der Waals surface area contributed by atoms with Gasteiger partial charge in [-0.15, -0.1) is 24.8 Å². The van der Waals surface area contributed by atoms with Gasteiger partial charge in [0.15, 0.2) is 46.1 Å². The fourth-order valence-electron chi connectivity index (χ4n) is 10.7. The molecule has 2 N–H and O–H groups in total. The zero-order valence-corrected chi connectivity index (χ0v) is 31.0. The number of halogens is 2. The molecule has 12 heteroatoms. The number of carbonyl (C=O) groups excluding carboxylic acids is 2. The molecular weight excluding hydrogens is 683 g/mol. The number of benzene rings is 2. The number of piperidine rings is 2. The van der Waals surface area contributed by atoms with Gasteiger partial charge in [-0.2, -0.15) is 0 Å². The molecule has 0 spiro atoms. The first-order valence-corrected chi connectivity index (χ1v) is 16.9. The van der Waals surface area contributed by atoms with Crippen molar-refractivity contribution in [3.05, 3.63) is 58.1 Å². The van der Waals surface area contributed by atoms with E-state index in [-0.39, 0.29) is 84.6 Å². The van der Waals surface area contributed by atoms with Crippen LogP contribution in [0.3, 0.4) is 0 Å². The van der Waals surface area contributed by atoms with Crippen LogP contribution in [0.2, 0.25) is 0 Å². The monoisotopic (exact) mass is 728 g/mol. The summed E-state index contributed by atoms with van der Waals surface area (Å²) in [6, 6.07) is 3.97. The highest BCUT2D eigenvalue weighted by Crippen LogP contribution is 2.63. The predicted molar refractivity (Wildman–Crippen MR) is 192 cm³/mol. The quantitative estimate of drug-likeness (QED) is 0.442. The molecule has 2 aliphatic heterocycles. The maximum Gasteiger partial charge on any atom is 0.197 e. The molecule has 270 valence electrons. The second-order valence-electron chi connectivity index (χ2n) is 14.7. The number of fused-ring (bicyclic) bond motifs is 2. The molecule has 2 aromatic carbocycles. The van der Waals surface area contributed by atoms with Gasteiger partial charge in [0, 0.05) is 58.7 Å². The minimum Gasteiger partial charge on any atom is -0.504 e. The van der Waals surface area contributed by atoms with Gasteiger partial charge in [-0.1, -0.05) is 0 Å². The Morgan fingerprint density at radius 2 is 1.04 bits per heavy atom. The number of likely N-dealkylation sites (N-methyl/N-ethyl adjacent to an activating group) is 2. The van der Waals surface area contributed by atoms with E-state index in [2.05, 4.69) is 23.9 Å². The number of likely N-dealkylation sites (tertiary alicyclic amines) is 2. The number of methoxy groups -OCH3 is 4. The lowest BCUT2D eigenvalue weighted by Crippen LogP contribution is -2.60. The Labute approximate surface area is 305 Å². The van der Waals surface area contributed by atoms with E-state index in [0.717, 1.165) is 46.5 Å². The van der Waals surface area contributed by atoms with Crippen LogP contribution in [0.4, 0.5) is 0 Å². The van der Waals surface area contributed by atoms with Crippen molar-refractivity contribution in [2.45, 2.75) is 61.4 Å². The first-order chi connectivity index (χ1) is 23.0. The number of ketones is 2. The summed E-state index contributed by atoms with van der Waals surface area (Å²) in [7, 11) is 10.4. The molecule has 0 aromatic heterocycles. The molecule has 0 radical (unpaired) electrons. The van der Waals surface area contributed by atoms with Gasteiger partial charge < -0.3 is 39.0 Å². The van der Waals surface area contributed by atoms with Crippen molar-refractivity contribution in [1.82, 2.24) is 9.80 Å². The normalized spacial score (nSPS) is 30.9. The minimum absolute atomic E-state index is 0. The molecule has 50 heavy (non-hydrogen) atoms. The highest BCUT2D eigenvalue weighted by Gasteiger charge is 2.59. The number of hydrogen-bond acceptors (Lipinski definition) is 10. The minimum atomic E-state index is -0.629. The Morgan fingerprint density at radius 3 is 1.38 bits per heavy atom. The summed E-state index contributed by atoms with van der Waals surface area (Å²) in [5, 5.41) is 24.0. The Bertz CT molecular complexity index is 1710. The number of phenols is 2. The van der Waals surface area contributed by atoms with Gasteiger partial charge in [0.2, 0.25) is 0 Å². The third kappa shape index (κ3) is 4.67. The third-order valence-electron chi connectivity index (χ3n) is 13.0. The van der Waals surface area contributed by atoms with Gasteiger partial charge in [-0.25, -0.2) is 0 Å². The molecule has 2 aromatic rings. The summed E-state index contributed by atoms with van der Waals surface area (Å²) in [6.45, 7) is 1.59. The zero-order valence-electron chi connectivity index (χ0n) is 29.3. The molecule has 6 atom stereocenters. The topological polar surface area (TPSA) is 118 Å². The van der Waals surface area contributed by atoms with E-state index >= 15 is 0 Å². The van der Waals surface area contributed by atoms with Crippen LogP contribution in [-0.4, -0.2) is 99.3 Å². The molecule has 10 nitrogen and oxygen atoms in total. The van der Waals surface area contributed by atoms with Crippen molar-refractivity contribution in [1.29, 1.82) is 0 Å². The summed E-state index contributed by atoms with van der Waals surface area (Å²) >= 11 is 0. The van der Waals surface area contributed by atoms with Crippen molar-refractivity contribution in [3.8, 4) is 34.1 Å². The molecule has 2 fully saturated rings. The zero-order chi connectivity index (χ0) is 33.9. The van der Waals surface area contributed by atoms with Gasteiger partial charge in [0.25, 0.3) is 0 Å². The lowest BCUT2D eigenvalue weighted by Gasteiger charge is -2.57. The van der Waals surface area contributed by atoms with Crippen LogP contribution in [0.5, 0.6) is 23.0 Å². The maximum absolute atomic E-state index is 13.5. The molecule has 8 rings (SSSR count). The van der Waals surface area contributed by atoms with Crippen LogP contribution < -0.4 is 9.47 Å². The van der Waals surface area contributed by atoms with E-state index in [1.54, 1.807) is 28.4 Å². The maximum atomic E-state index is 13.5. The fraction of sp³-hybridized carbons (Fsp3) is 0.526. The SMILES string of the molecule is COC1=CC2C3Cc4c(-c5cc(OC)c(O)c6c5CC5C7C=C(OC)C(=O)CC67CCN5C)cc(OC)c(O)c4C2(CCN3C)CC1=O.Cl.Cl. The van der Waals surface area contributed by atoms with Crippen LogP contribution >= 0.6 is 24.8 Å². The number of nitrogens with zero attached hydrogens (tertiary/aromatic N) is 2. The first kappa shape index (κ1) is 36.4. The smallest absolute Gasteiger partial charge is 0.197 e. The van der Waals surface area contributed by atoms with E-state index in [1.807, 2.05) is 24.3 Å². The van der Waals surface area contributed by atoms with Gasteiger partial charge >= 0.3 is 0 Å². The van der Waals surface area contributed by atoms with Gasteiger partial charge in [0.1, 0.15) is 0 Å². The molecule has 6 unspecified atom stereocenters. The van der Waals surface area contributed by atoms with Crippen molar-refractivity contribution >= 4 is 36.4 Å². The number of ether oxygens (including phenoxy) is 4. The molecule has 6 aliphatic rings. The van der Waals surface area contributed by atoms with Crippen LogP contribution in [-0.2, 0) is 42.7 Å². The molecule has 4 aliphatic carbocycles. The number of rotatable bonds is 5. The Kier molecular flexibility index (Phi) is 9.20. The molecule has 0 amide bonds. The number of allylic oxidation sites excluding steroid dienone is 2. The Morgan fingerprint density at radius 1 is 0.660 bits per heavy atom. The van der Waals surface area contributed by atoms with Crippen molar-refractivity contribution < 1.29 is 38.7 Å². The molecule has 2 saturated heterocycles. The van der Waals surface area contributed by atoms with Crippen molar-refractivity contribution in [2.75, 3.05) is 55.6 Å². The summed E-state index contributed by atoms with van der Waals surface area (Å²) in [6.07, 6.45) is 7.11. The number of carbonyl (C=O) groups is 2.